The summed E-state index contributed by atoms with van der Waals surface area (Å²) >= 11 is 0. The molecule has 13 nitrogen and oxygen atoms in total. The van der Waals surface area contributed by atoms with Gasteiger partial charge >= 0.3 is 11.9 Å². The first-order chi connectivity index (χ1) is 33.6. The van der Waals surface area contributed by atoms with Gasteiger partial charge in [-0.15, -0.1) is 0 Å². The molecular weight excluding hydrogens is 881 g/mol. The third kappa shape index (κ3) is 31.0. The second-order valence-corrected chi connectivity index (χ2v) is 20.8. The van der Waals surface area contributed by atoms with Gasteiger partial charge in [-0.1, -0.05) is 245 Å². The Hall–Kier alpha value is -1.42. The number of ether oxygens (including phenoxy) is 5. The van der Waals surface area contributed by atoms with Crippen LogP contribution in [0.25, 0.3) is 0 Å². The third-order valence-corrected chi connectivity index (χ3v) is 14.4. The molecule has 408 valence electrons. The Balaban J connectivity index is 1.54. The molecule has 2 aliphatic rings. The number of hydrogen-bond donors (Lipinski definition) is 6. The first-order valence-electron chi connectivity index (χ1n) is 29.0. The number of aliphatic hydroxyl groups is 6. The van der Waals surface area contributed by atoms with Gasteiger partial charge in [0.25, 0.3) is 0 Å². The van der Waals surface area contributed by atoms with Gasteiger partial charge < -0.3 is 54.3 Å². The fourth-order valence-electron chi connectivity index (χ4n) is 9.66. The van der Waals surface area contributed by atoms with Crippen LogP contribution in [0.5, 0.6) is 0 Å². The average molecular weight is 987 g/mol. The van der Waals surface area contributed by atoms with Crippen molar-refractivity contribution in [1.29, 1.82) is 0 Å². The molecule has 0 aliphatic carbocycles. The third-order valence-electron chi connectivity index (χ3n) is 14.4. The molecule has 0 aromatic carbocycles. The molecule has 0 bridgehead atoms. The van der Waals surface area contributed by atoms with E-state index in [2.05, 4.69) is 13.8 Å². The van der Waals surface area contributed by atoms with Crippen molar-refractivity contribution in [2.75, 3.05) is 13.2 Å². The molecule has 0 amide bonds. The Morgan fingerprint density at radius 2 is 0.536 bits per heavy atom. The summed E-state index contributed by atoms with van der Waals surface area (Å²) in [5.74, 6) is -0.960. The van der Waals surface area contributed by atoms with E-state index in [9.17, 15) is 40.2 Å². The lowest BCUT2D eigenvalue weighted by Crippen LogP contribution is -2.64. The van der Waals surface area contributed by atoms with Crippen LogP contribution in [-0.2, 0) is 33.3 Å². The van der Waals surface area contributed by atoms with Crippen LogP contribution in [0.2, 0.25) is 0 Å². The van der Waals surface area contributed by atoms with Crippen LogP contribution >= 0.6 is 0 Å². The molecule has 0 spiro atoms. The predicted octanol–water partition coefficient (Wildman–Crippen LogP) is 11.3. The van der Waals surface area contributed by atoms with E-state index in [-0.39, 0.29) is 12.8 Å². The van der Waals surface area contributed by atoms with Crippen LogP contribution < -0.4 is 0 Å². The largest absolute Gasteiger partial charge is 0.463 e. The van der Waals surface area contributed by atoms with Gasteiger partial charge in [0.1, 0.15) is 62.0 Å². The van der Waals surface area contributed by atoms with Gasteiger partial charge in [0.15, 0.2) is 12.6 Å². The second kappa shape index (κ2) is 43.0. The Labute approximate surface area is 419 Å². The zero-order valence-corrected chi connectivity index (χ0v) is 44.0. The van der Waals surface area contributed by atoms with E-state index in [0.717, 1.165) is 38.5 Å². The lowest BCUT2D eigenvalue weighted by atomic mass is 9.98. The Bertz CT molecular complexity index is 1100. The Morgan fingerprint density at radius 1 is 0.319 bits per heavy atom. The molecule has 2 fully saturated rings. The molecule has 0 aromatic rings. The molecule has 0 radical (unpaired) electrons. The lowest BCUT2D eigenvalue weighted by Gasteiger charge is -2.44. The van der Waals surface area contributed by atoms with Crippen molar-refractivity contribution in [3.05, 3.63) is 0 Å². The molecule has 2 heterocycles. The van der Waals surface area contributed by atoms with Crippen molar-refractivity contribution < 1.29 is 63.9 Å². The highest BCUT2D eigenvalue weighted by atomic mass is 16.8. The molecule has 6 N–H and O–H groups in total. The zero-order chi connectivity index (χ0) is 50.2. The maximum Gasteiger partial charge on any atom is 0.305 e. The molecule has 13 heteroatoms. The number of rotatable bonds is 46. The molecule has 2 aliphatic heterocycles. The van der Waals surface area contributed by atoms with Gasteiger partial charge in [0.2, 0.25) is 0 Å². The zero-order valence-electron chi connectivity index (χ0n) is 44.0. The minimum Gasteiger partial charge on any atom is -0.463 e. The Morgan fingerprint density at radius 3 is 0.768 bits per heavy atom. The summed E-state index contributed by atoms with van der Waals surface area (Å²) in [7, 11) is 0. The highest BCUT2D eigenvalue weighted by Gasteiger charge is 2.50. The SMILES string of the molecule is CCCCCCCCCCCCCCCCCCCCCC(=O)OCC1O[C@H](O[C@H]2O[C@@H](COC(=O)CCCCCCCCCCCCCCCCCCCCC)[C@@H](O)C(O)C2O)C(O)[C@@H](O)[C@@H]1O. The number of esters is 2. The van der Waals surface area contributed by atoms with E-state index < -0.39 is 86.6 Å². The summed E-state index contributed by atoms with van der Waals surface area (Å²) in [6.07, 6.45) is 32.0. The molecule has 4 unspecified atom stereocenters. The van der Waals surface area contributed by atoms with E-state index in [1.165, 1.54) is 193 Å². The van der Waals surface area contributed by atoms with Gasteiger partial charge in [-0.05, 0) is 12.8 Å². The minimum absolute atomic E-state index is 0.195. The van der Waals surface area contributed by atoms with E-state index in [1.807, 2.05) is 0 Å². The predicted molar refractivity (Wildman–Crippen MR) is 272 cm³/mol. The number of aliphatic hydroxyl groups excluding tert-OH is 6. The van der Waals surface area contributed by atoms with E-state index in [4.69, 9.17) is 23.7 Å². The average Bonchev–Trinajstić information content (AvgIpc) is 3.34. The van der Waals surface area contributed by atoms with Crippen LogP contribution in [0.1, 0.15) is 271 Å². The Kier molecular flexibility index (Phi) is 39.7. The molecule has 69 heavy (non-hydrogen) atoms. The topological polar surface area (TPSA) is 202 Å². The summed E-state index contributed by atoms with van der Waals surface area (Å²) in [5, 5.41) is 63.7. The van der Waals surface area contributed by atoms with Crippen LogP contribution in [0.4, 0.5) is 0 Å². The van der Waals surface area contributed by atoms with Crippen LogP contribution in [0, 0.1) is 0 Å². The van der Waals surface area contributed by atoms with Gasteiger partial charge in [0, 0.05) is 12.8 Å². The van der Waals surface area contributed by atoms with Crippen molar-refractivity contribution in [3.63, 3.8) is 0 Å². The number of carbonyl (C=O) groups excluding carboxylic acids is 2. The van der Waals surface area contributed by atoms with Crippen molar-refractivity contribution in [2.24, 2.45) is 0 Å². The minimum atomic E-state index is -1.80. The summed E-state index contributed by atoms with van der Waals surface area (Å²) in [6, 6.07) is 0. The molecular formula is C56H106O13. The first kappa shape index (κ1) is 63.7. The quantitative estimate of drug-likeness (QED) is 0.0249. The number of hydrogen-bond acceptors (Lipinski definition) is 13. The van der Waals surface area contributed by atoms with Gasteiger partial charge in [-0.2, -0.15) is 0 Å². The fourth-order valence-corrected chi connectivity index (χ4v) is 9.66. The molecule has 10 atom stereocenters. The van der Waals surface area contributed by atoms with Gasteiger partial charge in [-0.3, -0.25) is 9.59 Å². The first-order valence-corrected chi connectivity index (χ1v) is 29.0. The van der Waals surface area contributed by atoms with Crippen LogP contribution in [0.3, 0.4) is 0 Å². The van der Waals surface area contributed by atoms with E-state index in [0.29, 0.717) is 12.8 Å². The molecule has 2 saturated heterocycles. The maximum absolute atomic E-state index is 12.5. The van der Waals surface area contributed by atoms with Crippen molar-refractivity contribution >= 4 is 11.9 Å². The summed E-state index contributed by atoms with van der Waals surface area (Å²) in [6.45, 7) is 3.69. The van der Waals surface area contributed by atoms with Crippen molar-refractivity contribution in [3.8, 4) is 0 Å². The van der Waals surface area contributed by atoms with Crippen molar-refractivity contribution in [2.45, 2.75) is 332 Å². The van der Waals surface area contributed by atoms with Crippen LogP contribution in [0.15, 0.2) is 0 Å². The molecule has 2 rings (SSSR count). The summed E-state index contributed by atoms with van der Waals surface area (Å²) in [4.78, 5) is 25.1. The number of unbranched alkanes of at least 4 members (excludes halogenated alkanes) is 36. The highest BCUT2D eigenvalue weighted by Crippen LogP contribution is 2.29. The lowest BCUT2D eigenvalue weighted by molar-refractivity contribution is -0.376. The number of carbonyl (C=O) groups is 2. The standard InChI is InChI=1S/C56H106O13/c1-3-5-7-9-11-13-15-17-19-21-23-25-27-29-31-33-35-37-39-41-47(57)65-43-45-49(59)51(61)53(63)55(67-45)69-56-54(64)52(62)50(60)46(68-56)44-66-48(58)42-40-38-36-34-32-30-28-26-24-22-20-18-16-14-12-10-8-6-4-2/h45-46,49-56,59-64H,3-44H2,1-2H3/t45-,46?,49+,50+,51?,52-,53?,54?,55+,56+/m0/s1. The molecule has 0 aromatic heterocycles. The summed E-state index contributed by atoms with van der Waals surface area (Å²) < 4.78 is 27.7. The monoisotopic (exact) mass is 987 g/mol. The van der Waals surface area contributed by atoms with E-state index >= 15 is 0 Å². The van der Waals surface area contributed by atoms with Crippen LogP contribution in [-0.4, -0.2) is 117 Å². The second-order valence-electron chi connectivity index (χ2n) is 20.8. The highest BCUT2D eigenvalue weighted by molar-refractivity contribution is 5.69. The maximum atomic E-state index is 12.5. The molecule has 0 saturated carbocycles. The fraction of sp³-hybridized carbons (Fsp3) is 0.964. The smallest absolute Gasteiger partial charge is 0.305 e. The normalized spacial score (nSPS) is 25.0. The van der Waals surface area contributed by atoms with Gasteiger partial charge in [-0.25, -0.2) is 0 Å². The summed E-state index contributed by atoms with van der Waals surface area (Å²) in [5.41, 5.74) is 0. The van der Waals surface area contributed by atoms with Gasteiger partial charge in [0.05, 0.1) is 0 Å². The van der Waals surface area contributed by atoms with E-state index in [1.54, 1.807) is 0 Å². The van der Waals surface area contributed by atoms with Crippen molar-refractivity contribution in [1.82, 2.24) is 0 Å².